The number of nitrogens with one attached hydrogen (secondary N) is 5. The standard InChI is InChI=1S/C39H62N14O11/c1-21(31(57)50-25(13-15-29(41)54)36(62)53-19-7-12-28(53)35(61)51-26(37(63)64)14-16-30(55)56)48-34(60)27(20-22-8-3-2-4-9-22)52-33(59)24(11-6-18-47-39(44)45)49-32(58)23(40)10-5-17-46-38(42)43/h2-4,8-9,21,23-28H,5-7,10-20,40H2,1H3,(H2,41,54)(H,48,60)(H,49,58)(H,50,57)(H,51,61)(H,52,59)(H,55,56)(H,63,64)(H4,42,43,46)(H4,44,45,47)/t21-,23-,24-,25-,26-,27-,28-/m0/s1. The number of primary amides is 1. The molecule has 1 aliphatic rings. The molecule has 1 aromatic carbocycles. The van der Waals surface area contributed by atoms with E-state index in [1.807, 2.05) is 0 Å². The van der Waals surface area contributed by atoms with Gasteiger partial charge in [-0.15, -0.1) is 0 Å². The van der Waals surface area contributed by atoms with Crippen LogP contribution in [0.2, 0.25) is 0 Å². The Hall–Kier alpha value is -7.05. The molecule has 1 fully saturated rings. The quantitative estimate of drug-likeness (QED) is 0.0214. The average molecular weight is 903 g/mol. The Balaban J connectivity index is 2.29. The van der Waals surface area contributed by atoms with Crippen molar-refractivity contribution in [3.8, 4) is 0 Å². The molecule has 25 heteroatoms. The number of guanidine groups is 2. The monoisotopic (exact) mass is 902 g/mol. The second kappa shape index (κ2) is 27.1. The van der Waals surface area contributed by atoms with Crippen molar-refractivity contribution in [1.82, 2.24) is 31.5 Å². The zero-order valence-corrected chi connectivity index (χ0v) is 35.7. The molecule has 0 unspecified atom stereocenters. The number of carbonyl (C=O) groups is 9. The highest BCUT2D eigenvalue weighted by Gasteiger charge is 2.39. The van der Waals surface area contributed by atoms with Crippen molar-refractivity contribution >= 4 is 65.2 Å². The van der Waals surface area contributed by atoms with Gasteiger partial charge in [-0.05, 0) is 63.9 Å². The SMILES string of the molecule is C[C@H](NC(=O)[C@H](Cc1ccccc1)NC(=O)[C@H](CCCN=C(N)N)NC(=O)[C@@H](N)CCCN=C(N)N)C(=O)N[C@@H](CCC(N)=O)C(=O)N1CCC[C@H]1C(=O)N[C@@H](CCC(=O)O)C(=O)O. The number of rotatable bonds is 28. The van der Waals surface area contributed by atoms with Crippen LogP contribution in [0.5, 0.6) is 0 Å². The van der Waals surface area contributed by atoms with Gasteiger partial charge in [0.15, 0.2) is 11.9 Å². The number of carboxylic acid groups (broad SMARTS) is 2. The lowest BCUT2D eigenvalue weighted by Crippen LogP contribution is -2.59. The van der Waals surface area contributed by atoms with Crippen LogP contribution in [0, 0.1) is 0 Å². The van der Waals surface area contributed by atoms with Crippen molar-refractivity contribution in [1.29, 1.82) is 0 Å². The van der Waals surface area contributed by atoms with E-state index in [2.05, 4.69) is 36.6 Å². The molecule has 0 bridgehead atoms. The van der Waals surface area contributed by atoms with E-state index in [4.69, 9.17) is 39.5 Å². The number of amides is 7. The van der Waals surface area contributed by atoms with E-state index in [0.717, 1.165) is 4.90 Å². The van der Waals surface area contributed by atoms with Gasteiger partial charge in [-0.1, -0.05) is 30.3 Å². The first-order valence-corrected chi connectivity index (χ1v) is 20.7. The lowest BCUT2D eigenvalue weighted by molar-refractivity contribution is -0.145. The van der Waals surface area contributed by atoms with Gasteiger partial charge in [-0.3, -0.25) is 48.3 Å². The van der Waals surface area contributed by atoms with Crippen LogP contribution in [0.15, 0.2) is 40.3 Å². The van der Waals surface area contributed by atoms with Crippen molar-refractivity contribution in [2.75, 3.05) is 19.6 Å². The minimum atomic E-state index is -1.55. The number of benzene rings is 1. The molecule has 25 nitrogen and oxygen atoms in total. The van der Waals surface area contributed by atoms with Gasteiger partial charge >= 0.3 is 11.9 Å². The molecule has 7 amide bonds. The van der Waals surface area contributed by atoms with Gasteiger partial charge in [-0.2, -0.15) is 0 Å². The van der Waals surface area contributed by atoms with Crippen LogP contribution in [0.25, 0.3) is 0 Å². The van der Waals surface area contributed by atoms with Crippen molar-refractivity contribution in [2.45, 2.75) is 120 Å². The highest BCUT2D eigenvalue weighted by molar-refractivity contribution is 5.97. The molecule has 2 rings (SSSR count). The molecule has 0 aliphatic carbocycles. The molecule has 64 heavy (non-hydrogen) atoms. The van der Waals surface area contributed by atoms with Crippen LogP contribution in [0.3, 0.4) is 0 Å². The number of aliphatic imine (C=N–C) groups is 2. The molecule has 7 atom stereocenters. The number of likely N-dealkylation sites (tertiary alicyclic amines) is 1. The van der Waals surface area contributed by atoms with Gasteiger partial charge in [0.25, 0.3) is 0 Å². The Morgan fingerprint density at radius 3 is 1.83 bits per heavy atom. The third-order valence-corrected chi connectivity index (χ3v) is 9.94. The largest absolute Gasteiger partial charge is 0.481 e. The average Bonchev–Trinajstić information content (AvgIpc) is 3.73. The summed E-state index contributed by atoms with van der Waals surface area (Å²) in [6.07, 6.45) is -0.446. The Labute approximate surface area is 369 Å². The molecule has 1 aromatic rings. The van der Waals surface area contributed by atoms with Crippen LogP contribution in [-0.2, 0) is 49.6 Å². The third-order valence-electron chi connectivity index (χ3n) is 9.94. The van der Waals surface area contributed by atoms with Gasteiger partial charge in [0, 0.05) is 38.9 Å². The van der Waals surface area contributed by atoms with E-state index in [1.54, 1.807) is 30.3 Å². The number of nitrogens with zero attached hydrogens (tertiary/aromatic N) is 3. The minimum Gasteiger partial charge on any atom is -0.481 e. The van der Waals surface area contributed by atoms with Crippen LogP contribution < -0.4 is 61.0 Å². The molecule has 0 spiro atoms. The zero-order valence-electron chi connectivity index (χ0n) is 35.7. The fraction of sp³-hybridized carbons (Fsp3) is 0.564. The second-order valence-corrected chi connectivity index (χ2v) is 15.1. The van der Waals surface area contributed by atoms with E-state index in [0.29, 0.717) is 18.4 Å². The summed E-state index contributed by atoms with van der Waals surface area (Å²) < 4.78 is 0. The van der Waals surface area contributed by atoms with Crippen LogP contribution >= 0.6 is 0 Å². The van der Waals surface area contributed by atoms with Gasteiger partial charge < -0.3 is 76.1 Å². The summed E-state index contributed by atoms with van der Waals surface area (Å²) in [7, 11) is 0. The van der Waals surface area contributed by atoms with E-state index >= 15 is 0 Å². The topological polar surface area (TPSA) is 438 Å². The molecule has 0 saturated carbocycles. The van der Waals surface area contributed by atoms with Gasteiger partial charge in [0.1, 0.15) is 36.3 Å². The molecular weight excluding hydrogens is 841 g/mol. The number of carboxylic acids is 2. The summed E-state index contributed by atoms with van der Waals surface area (Å²) in [5.41, 5.74) is 33.6. The third kappa shape index (κ3) is 19.3. The second-order valence-electron chi connectivity index (χ2n) is 15.1. The summed E-state index contributed by atoms with van der Waals surface area (Å²) in [5, 5.41) is 31.1. The number of nitrogens with two attached hydrogens (primary N) is 6. The molecule has 1 heterocycles. The van der Waals surface area contributed by atoms with Crippen LogP contribution in [0.4, 0.5) is 0 Å². The Morgan fingerprint density at radius 2 is 1.25 bits per heavy atom. The lowest BCUT2D eigenvalue weighted by Gasteiger charge is -2.30. The summed E-state index contributed by atoms with van der Waals surface area (Å²) >= 11 is 0. The molecule has 19 N–H and O–H groups in total. The maximum Gasteiger partial charge on any atom is 0.326 e. The fourth-order valence-electron chi connectivity index (χ4n) is 6.55. The van der Waals surface area contributed by atoms with Crippen molar-refractivity contribution in [3.05, 3.63) is 35.9 Å². The van der Waals surface area contributed by atoms with Gasteiger partial charge in [0.2, 0.25) is 41.4 Å². The van der Waals surface area contributed by atoms with Crippen LogP contribution in [0.1, 0.15) is 76.7 Å². The van der Waals surface area contributed by atoms with Gasteiger partial charge in [-0.25, -0.2) is 4.79 Å². The van der Waals surface area contributed by atoms with E-state index in [1.165, 1.54) is 6.92 Å². The maximum absolute atomic E-state index is 13.9. The van der Waals surface area contributed by atoms with Gasteiger partial charge in [0.05, 0.1) is 6.04 Å². The highest BCUT2D eigenvalue weighted by Crippen LogP contribution is 2.20. The first-order valence-electron chi connectivity index (χ1n) is 20.7. The summed E-state index contributed by atoms with van der Waals surface area (Å²) in [4.78, 5) is 125. The van der Waals surface area contributed by atoms with Crippen LogP contribution in [-0.4, -0.2) is 142 Å². The number of hydrogen-bond donors (Lipinski definition) is 13. The number of aliphatic carboxylic acids is 2. The van der Waals surface area contributed by atoms with E-state index in [-0.39, 0.29) is 76.5 Å². The van der Waals surface area contributed by atoms with Crippen molar-refractivity contribution in [2.24, 2.45) is 44.4 Å². The first kappa shape index (κ1) is 53.1. The van der Waals surface area contributed by atoms with E-state index in [9.17, 15) is 48.3 Å². The number of carbonyl (C=O) groups excluding carboxylic acids is 7. The Morgan fingerprint density at radius 1 is 0.688 bits per heavy atom. The summed E-state index contributed by atoms with van der Waals surface area (Å²) in [6.45, 7) is 1.67. The minimum absolute atomic E-state index is 0.0265. The molecule has 1 aliphatic heterocycles. The highest BCUT2D eigenvalue weighted by atomic mass is 16.4. The van der Waals surface area contributed by atoms with E-state index < -0.39 is 108 Å². The predicted octanol–water partition coefficient (Wildman–Crippen LogP) is -4.69. The normalized spacial score (nSPS) is 16.0. The molecule has 1 saturated heterocycles. The Bertz CT molecular complexity index is 1860. The smallest absolute Gasteiger partial charge is 0.326 e. The number of hydrogen-bond acceptors (Lipinski definition) is 12. The fourth-order valence-corrected chi connectivity index (χ4v) is 6.55. The molecular formula is C39H62N14O11. The predicted molar refractivity (Wildman–Crippen MR) is 231 cm³/mol. The van der Waals surface area contributed by atoms with Crippen molar-refractivity contribution in [3.63, 3.8) is 0 Å². The summed E-state index contributed by atoms with van der Waals surface area (Å²) in [5.74, 6) is -8.65. The molecule has 0 radical (unpaired) electrons. The van der Waals surface area contributed by atoms with Crippen molar-refractivity contribution < 1.29 is 53.4 Å². The lowest BCUT2D eigenvalue weighted by atomic mass is 10.0. The first-order chi connectivity index (χ1) is 30.2. The molecule has 354 valence electrons. The maximum atomic E-state index is 13.9. The zero-order chi connectivity index (χ0) is 47.9. The summed E-state index contributed by atoms with van der Waals surface area (Å²) in [6, 6.07) is -0.529. The molecule has 0 aromatic heterocycles. The Kier molecular flexibility index (Phi) is 22.5.